The summed E-state index contributed by atoms with van der Waals surface area (Å²) in [6, 6.07) is 5.41. The predicted octanol–water partition coefficient (Wildman–Crippen LogP) is 2.13. The third-order valence-electron chi connectivity index (χ3n) is 1.97. The minimum absolute atomic E-state index is 0.218. The molecule has 0 bridgehead atoms. The Kier molecular flexibility index (Phi) is 2.79. The zero-order chi connectivity index (χ0) is 9.97. The third kappa shape index (κ3) is 2.11. The minimum Gasteiger partial charge on any atom is -0.493 e. The summed E-state index contributed by atoms with van der Waals surface area (Å²) in [7, 11) is 1.59. The van der Waals surface area contributed by atoms with Crippen molar-refractivity contribution < 1.29 is 14.2 Å². The molecule has 0 amide bonds. The van der Waals surface area contributed by atoms with Crippen LogP contribution in [0, 0.1) is 0 Å². The van der Waals surface area contributed by atoms with Crippen molar-refractivity contribution in [3.63, 3.8) is 0 Å². The number of hydrogen-bond acceptors (Lipinski definition) is 3. The van der Waals surface area contributed by atoms with Crippen molar-refractivity contribution in [1.82, 2.24) is 0 Å². The molecular formula is C10H11ClO3. The maximum Gasteiger partial charge on any atom is 0.179 e. The first-order valence-electron chi connectivity index (χ1n) is 4.38. The van der Waals surface area contributed by atoms with E-state index >= 15 is 0 Å². The fourth-order valence-electron chi connectivity index (χ4n) is 1.13. The Hall–Kier alpha value is -0.930. The van der Waals surface area contributed by atoms with E-state index in [1.807, 2.05) is 12.1 Å². The molecule has 1 heterocycles. The second-order valence-electron chi connectivity index (χ2n) is 3.04. The van der Waals surface area contributed by atoms with Crippen molar-refractivity contribution in [2.24, 2.45) is 0 Å². The lowest BCUT2D eigenvalue weighted by Gasteiger charge is -2.10. The van der Waals surface area contributed by atoms with Gasteiger partial charge in [0, 0.05) is 0 Å². The van der Waals surface area contributed by atoms with Crippen LogP contribution in [0.2, 0.25) is 5.02 Å². The van der Waals surface area contributed by atoms with Gasteiger partial charge in [-0.25, -0.2) is 0 Å². The molecule has 0 aromatic heterocycles. The van der Waals surface area contributed by atoms with Gasteiger partial charge in [-0.1, -0.05) is 17.7 Å². The summed E-state index contributed by atoms with van der Waals surface area (Å²) >= 11 is 5.97. The number of epoxide rings is 1. The lowest BCUT2D eigenvalue weighted by atomic mass is 10.3. The maximum atomic E-state index is 5.97. The molecule has 1 aromatic rings. The van der Waals surface area contributed by atoms with Crippen LogP contribution in [0.25, 0.3) is 0 Å². The molecule has 1 aromatic carbocycles. The van der Waals surface area contributed by atoms with Crippen LogP contribution in [0.4, 0.5) is 0 Å². The Morgan fingerprint density at radius 1 is 1.57 bits per heavy atom. The van der Waals surface area contributed by atoms with Crippen LogP contribution in [0.3, 0.4) is 0 Å². The molecule has 0 aliphatic carbocycles. The minimum atomic E-state index is 0.218. The Labute approximate surface area is 87.5 Å². The number of para-hydroxylation sites is 1. The molecule has 14 heavy (non-hydrogen) atoms. The maximum absolute atomic E-state index is 5.97. The van der Waals surface area contributed by atoms with E-state index in [2.05, 4.69) is 0 Å². The first kappa shape index (κ1) is 9.62. The van der Waals surface area contributed by atoms with E-state index in [4.69, 9.17) is 25.8 Å². The van der Waals surface area contributed by atoms with E-state index in [1.54, 1.807) is 13.2 Å². The predicted molar refractivity (Wildman–Crippen MR) is 53.2 cm³/mol. The topological polar surface area (TPSA) is 31.0 Å². The fraction of sp³-hybridized carbons (Fsp3) is 0.400. The van der Waals surface area contributed by atoms with Crippen molar-refractivity contribution in [3.8, 4) is 11.5 Å². The van der Waals surface area contributed by atoms with E-state index < -0.39 is 0 Å². The number of methoxy groups -OCH3 is 1. The zero-order valence-electron chi connectivity index (χ0n) is 7.83. The largest absolute Gasteiger partial charge is 0.493 e. The molecule has 2 rings (SSSR count). The molecular weight excluding hydrogens is 204 g/mol. The van der Waals surface area contributed by atoms with Gasteiger partial charge in [0.1, 0.15) is 12.7 Å². The van der Waals surface area contributed by atoms with Gasteiger partial charge in [0.15, 0.2) is 11.5 Å². The molecule has 4 heteroatoms. The van der Waals surface area contributed by atoms with Gasteiger partial charge in [0.2, 0.25) is 0 Å². The highest BCUT2D eigenvalue weighted by Crippen LogP contribution is 2.34. The van der Waals surface area contributed by atoms with E-state index in [9.17, 15) is 0 Å². The quantitative estimate of drug-likeness (QED) is 0.720. The van der Waals surface area contributed by atoms with E-state index in [-0.39, 0.29) is 6.10 Å². The lowest BCUT2D eigenvalue weighted by molar-refractivity contribution is 0.252. The molecule has 1 atom stereocenters. The fourth-order valence-corrected chi connectivity index (χ4v) is 1.35. The molecule has 0 saturated carbocycles. The summed E-state index contributed by atoms with van der Waals surface area (Å²) in [5.41, 5.74) is 0. The monoisotopic (exact) mass is 214 g/mol. The van der Waals surface area contributed by atoms with Gasteiger partial charge in [-0.15, -0.1) is 0 Å². The van der Waals surface area contributed by atoms with Crippen LogP contribution in [0.1, 0.15) is 0 Å². The smallest absolute Gasteiger partial charge is 0.179 e. The highest BCUT2D eigenvalue weighted by atomic mass is 35.5. The number of rotatable bonds is 4. The van der Waals surface area contributed by atoms with Gasteiger partial charge < -0.3 is 14.2 Å². The van der Waals surface area contributed by atoms with Gasteiger partial charge in [-0.05, 0) is 12.1 Å². The first-order valence-corrected chi connectivity index (χ1v) is 4.76. The van der Waals surface area contributed by atoms with Gasteiger partial charge >= 0.3 is 0 Å². The van der Waals surface area contributed by atoms with Crippen molar-refractivity contribution in [2.75, 3.05) is 20.3 Å². The van der Waals surface area contributed by atoms with Gasteiger partial charge in [0.05, 0.1) is 18.7 Å². The average Bonchev–Trinajstić information content (AvgIpc) is 2.99. The summed E-state index contributed by atoms with van der Waals surface area (Å²) in [4.78, 5) is 0. The Morgan fingerprint density at radius 2 is 2.36 bits per heavy atom. The van der Waals surface area contributed by atoms with E-state index in [0.717, 1.165) is 6.61 Å². The van der Waals surface area contributed by atoms with Crippen molar-refractivity contribution >= 4 is 11.6 Å². The molecule has 76 valence electrons. The SMILES string of the molecule is COc1cccc(Cl)c1OCC1CO1. The van der Waals surface area contributed by atoms with Gasteiger partial charge in [-0.2, -0.15) is 0 Å². The average molecular weight is 215 g/mol. The molecule has 1 unspecified atom stereocenters. The Bertz CT molecular complexity index is 323. The molecule has 3 nitrogen and oxygen atoms in total. The number of halogens is 1. The number of benzene rings is 1. The zero-order valence-corrected chi connectivity index (χ0v) is 8.58. The van der Waals surface area contributed by atoms with E-state index in [1.165, 1.54) is 0 Å². The highest BCUT2D eigenvalue weighted by molar-refractivity contribution is 6.32. The molecule has 1 saturated heterocycles. The highest BCUT2D eigenvalue weighted by Gasteiger charge is 2.24. The van der Waals surface area contributed by atoms with Crippen LogP contribution < -0.4 is 9.47 Å². The normalized spacial score (nSPS) is 19.1. The summed E-state index contributed by atoms with van der Waals surface area (Å²) < 4.78 is 15.7. The van der Waals surface area contributed by atoms with Gasteiger partial charge in [-0.3, -0.25) is 0 Å². The van der Waals surface area contributed by atoms with Crippen LogP contribution in [-0.4, -0.2) is 26.4 Å². The van der Waals surface area contributed by atoms with Crippen molar-refractivity contribution in [1.29, 1.82) is 0 Å². The molecule has 0 radical (unpaired) electrons. The lowest BCUT2D eigenvalue weighted by Crippen LogP contribution is -2.05. The van der Waals surface area contributed by atoms with Crippen molar-refractivity contribution in [3.05, 3.63) is 23.2 Å². The van der Waals surface area contributed by atoms with Crippen LogP contribution in [-0.2, 0) is 4.74 Å². The standard InChI is InChI=1S/C10H11ClO3/c1-12-9-4-2-3-8(11)10(9)14-6-7-5-13-7/h2-4,7H,5-6H2,1H3. The first-order chi connectivity index (χ1) is 6.81. The van der Waals surface area contributed by atoms with Crippen LogP contribution in [0.5, 0.6) is 11.5 Å². The second-order valence-corrected chi connectivity index (χ2v) is 3.44. The van der Waals surface area contributed by atoms with Crippen LogP contribution >= 0.6 is 11.6 Å². The second kappa shape index (κ2) is 4.07. The summed E-state index contributed by atoms with van der Waals surface area (Å²) in [6.07, 6.45) is 0.218. The summed E-state index contributed by atoms with van der Waals surface area (Å²) in [5, 5.41) is 0.560. The molecule has 1 fully saturated rings. The third-order valence-corrected chi connectivity index (χ3v) is 2.26. The van der Waals surface area contributed by atoms with E-state index in [0.29, 0.717) is 23.1 Å². The van der Waals surface area contributed by atoms with Gasteiger partial charge in [0.25, 0.3) is 0 Å². The summed E-state index contributed by atoms with van der Waals surface area (Å²) in [5.74, 6) is 1.24. The summed E-state index contributed by atoms with van der Waals surface area (Å²) in [6.45, 7) is 1.30. The molecule has 0 N–H and O–H groups in total. The van der Waals surface area contributed by atoms with Crippen LogP contribution in [0.15, 0.2) is 18.2 Å². The molecule has 1 aliphatic rings. The number of hydrogen-bond donors (Lipinski definition) is 0. The molecule has 1 aliphatic heterocycles. The van der Waals surface area contributed by atoms with Crippen molar-refractivity contribution in [2.45, 2.75) is 6.10 Å². The number of ether oxygens (including phenoxy) is 3. The Morgan fingerprint density at radius 3 is 3.00 bits per heavy atom. The Balaban J connectivity index is 2.11. The molecule has 0 spiro atoms.